The molecule has 2 rings (SSSR count). The van der Waals surface area contributed by atoms with E-state index in [1.54, 1.807) is 18.9 Å². The van der Waals surface area contributed by atoms with E-state index in [4.69, 9.17) is 0 Å². The van der Waals surface area contributed by atoms with E-state index >= 15 is 0 Å². The summed E-state index contributed by atoms with van der Waals surface area (Å²) >= 11 is 3.44. The molecule has 0 heterocycles. The molecule has 0 saturated heterocycles. The molecule has 106 valence electrons. The first kappa shape index (κ1) is 15.0. The lowest BCUT2D eigenvalue weighted by atomic mass is 10.1. The van der Waals surface area contributed by atoms with Gasteiger partial charge in [-0.3, -0.25) is 4.79 Å². The summed E-state index contributed by atoms with van der Waals surface area (Å²) in [7, 11) is 1.76. The van der Waals surface area contributed by atoms with Gasteiger partial charge in [0, 0.05) is 23.6 Å². The Bertz CT molecular complexity index is 625. The highest BCUT2D eigenvalue weighted by Crippen LogP contribution is 2.21. The highest BCUT2D eigenvalue weighted by molar-refractivity contribution is 9.10. The fourth-order valence-corrected chi connectivity index (χ4v) is 2.43. The minimum Gasteiger partial charge on any atom is -0.393 e. The summed E-state index contributed by atoms with van der Waals surface area (Å²) in [6.07, 6.45) is 0.196. The van der Waals surface area contributed by atoms with Crippen LogP contribution in [0.25, 0.3) is 10.8 Å². The molecule has 0 bridgehead atoms. The number of carbonyl (C=O) groups is 1. The van der Waals surface area contributed by atoms with Crippen molar-refractivity contribution in [2.45, 2.75) is 19.4 Å². The van der Waals surface area contributed by atoms with Crippen LogP contribution in [0.4, 0.5) is 0 Å². The average Bonchev–Trinajstić information content (AvgIpc) is 2.43. The Balaban J connectivity index is 2.20. The van der Waals surface area contributed by atoms with E-state index in [0.717, 1.165) is 15.2 Å². The Morgan fingerprint density at radius 1 is 1.25 bits per heavy atom. The van der Waals surface area contributed by atoms with Gasteiger partial charge in [-0.05, 0) is 48.4 Å². The number of halogens is 1. The first-order valence-corrected chi connectivity index (χ1v) is 7.39. The van der Waals surface area contributed by atoms with Gasteiger partial charge in [-0.25, -0.2) is 0 Å². The van der Waals surface area contributed by atoms with Crippen LogP contribution in [-0.4, -0.2) is 35.6 Å². The summed E-state index contributed by atoms with van der Waals surface area (Å²) in [5, 5.41) is 11.4. The predicted octanol–water partition coefficient (Wildman–Crippen LogP) is 3.45. The van der Waals surface area contributed by atoms with Crippen LogP contribution < -0.4 is 0 Å². The van der Waals surface area contributed by atoms with E-state index in [1.807, 2.05) is 36.4 Å². The van der Waals surface area contributed by atoms with E-state index in [9.17, 15) is 9.90 Å². The second kappa shape index (κ2) is 6.37. The van der Waals surface area contributed by atoms with Crippen LogP contribution in [0.5, 0.6) is 0 Å². The van der Waals surface area contributed by atoms with E-state index in [-0.39, 0.29) is 12.0 Å². The lowest BCUT2D eigenvalue weighted by molar-refractivity contribution is 0.0769. The van der Waals surface area contributed by atoms with Gasteiger partial charge in [0.1, 0.15) is 0 Å². The summed E-state index contributed by atoms with van der Waals surface area (Å²) in [5.41, 5.74) is 0.674. The Morgan fingerprint density at radius 2 is 1.90 bits per heavy atom. The van der Waals surface area contributed by atoms with Crippen LogP contribution >= 0.6 is 15.9 Å². The zero-order valence-electron chi connectivity index (χ0n) is 11.6. The quantitative estimate of drug-likeness (QED) is 0.929. The van der Waals surface area contributed by atoms with Crippen molar-refractivity contribution in [1.82, 2.24) is 4.90 Å². The molecule has 20 heavy (non-hydrogen) atoms. The second-order valence-electron chi connectivity index (χ2n) is 5.07. The highest BCUT2D eigenvalue weighted by atomic mass is 79.9. The summed E-state index contributed by atoms with van der Waals surface area (Å²) in [6.45, 7) is 2.28. The van der Waals surface area contributed by atoms with Gasteiger partial charge in [0.2, 0.25) is 0 Å². The molecule has 4 heteroatoms. The highest BCUT2D eigenvalue weighted by Gasteiger charge is 2.12. The Kier molecular flexibility index (Phi) is 4.78. The molecule has 0 fully saturated rings. The number of aliphatic hydroxyl groups is 1. The minimum absolute atomic E-state index is 0.0181. The maximum atomic E-state index is 12.3. The third-order valence-electron chi connectivity index (χ3n) is 3.28. The van der Waals surface area contributed by atoms with E-state index in [1.165, 1.54) is 0 Å². The van der Waals surface area contributed by atoms with Gasteiger partial charge in [0.15, 0.2) is 0 Å². The molecule has 1 amide bonds. The predicted molar refractivity (Wildman–Crippen MR) is 84.9 cm³/mol. The van der Waals surface area contributed by atoms with Crippen molar-refractivity contribution >= 4 is 32.6 Å². The monoisotopic (exact) mass is 335 g/mol. The number of amides is 1. The maximum Gasteiger partial charge on any atom is 0.253 e. The second-order valence-corrected chi connectivity index (χ2v) is 5.99. The Hall–Kier alpha value is -1.39. The van der Waals surface area contributed by atoms with Crippen LogP contribution in [0.3, 0.4) is 0 Å². The van der Waals surface area contributed by atoms with Crippen molar-refractivity contribution in [3.05, 3.63) is 46.4 Å². The first-order valence-electron chi connectivity index (χ1n) is 6.60. The number of carbonyl (C=O) groups excluding carboxylic acids is 1. The zero-order chi connectivity index (χ0) is 14.7. The molecular formula is C16H18BrNO2. The largest absolute Gasteiger partial charge is 0.393 e. The first-order chi connectivity index (χ1) is 9.47. The lowest BCUT2D eigenvalue weighted by Gasteiger charge is -2.18. The van der Waals surface area contributed by atoms with Gasteiger partial charge < -0.3 is 10.0 Å². The molecule has 0 saturated carbocycles. The van der Waals surface area contributed by atoms with Gasteiger partial charge in [0.25, 0.3) is 5.91 Å². The SMILES string of the molecule is CC(O)CCN(C)C(=O)c1ccc2cc(Br)ccc2c1. The third-order valence-corrected chi connectivity index (χ3v) is 3.77. The molecule has 0 aliphatic rings. The maximum absolute atomic E-state index is 12.3. The molecule has 2 aromatic rings. The van der Waals surface area contributed by atoms with Crippen molar-refractivity contribution in [3.63, 3.8) is 0 Å². The fourth-order valence-electron chi connectivity index (χ4n) is 2.05. The Labute approximate surface area is 127 Å². The van der Waals surface area contributed by atoms with Crippen LogP contribution in [0.1, 0.15) is 23.7 Å². The minimum atomic E-state index is -0.390. The molecule has 3 nitrogen and oxygen atoms in total. The van der Waals surface area contributed by atoms with Crippen LogP contribution in [0.2, 0.25) is 0 Å². The number of aliphatic hydroxyl groups excluding tert-OH is 1. The average molecular weight is 336 g/mol. The van der Waals surface area contributed by atoms with Gasteiger partial charge in [-0.2, -0.15) is 0 Å². The standard InChI is InChI=1S/C16H18BrNO2/c1-11(19)7-8-18(2)16(20)14-4-3-13-10-15(17)6-5-12(13)9-14/h3-6,9-11,19H,7-8H2,1-2H3. The number of rotatable bonds is 4. The molecule has 1 atom stereocenters. The number of hydrogen-bond donors (Lipinski definition) is 1. The summed E-state index contributed by atoms with van der Waals surface area (Å²) in [6, 6.07) is 11.7. The molecule has 2 aromatic carbocycles. The lowest BCUT2D eigenvalue weighted by Crippen LogP contribution is -2.29. The molecule has 0 spiro atoms. The molecule has 0 aliphatic heterocycles. The molecule has 0 radical (unpaired) electrons. The van der Waals surface area contributed by atoms with Crippen molar-refractivity contribution in [1.29, 1.82) is 0 Å². The molecule has 0 aliphatic carbocycles. The molecule has 0 aromatic heterocycles. The van der Waals surface area contributed by atoms with Crippen molar-refractivity contribution in [2.24, 2.45) is 0 Å². The fraction of sp³-hybridized carbons (Fsp3) is 0.312. The zero-order valence-corrected chi connectivity index (χ0v) is 13.2. The van der Waals surface area contributed by atoms with Crippen molar-refractivity contribution in [2.75, 3.05) is 13.6 Å². The van der Waals surface area contributed by atoms with Crippen molar-refractivity contribution in [3.8, 4) is 0 Å². The van der Waals surface area contributed by atoms with Crippen LogP contribution in [0, 0.1) is 0 Å². The molecular weight excluding hydrogens is 318 g/mol. The van der Waals surface area contributed by atoms with E-state index in [2.05, 4.69) is 15.9 Å². The van der Waals surface area contributed by atoms with Crippen molar-refractivity contribution < 1.29 is 9.90 Å². The third kappa shape index (κ3) is 3.58. The van der Waals surface area contributed by atoms with E-state index < -0.39 is 0 Å². The van der Waals surface area contributed by atoms with E-state index in [0.29, 0.717) is 18.5 Å². The number of nitrogens with zero attached hydrogens (tertiary/aromatic N) is 1. The molecule has 1 unspecified atom stereocenters. The summed E-state index contributed by atoms with van der Waals surface area (Å²) < 4.78 is 1.03. The number of hydrogen-bond acceptors (Lipinski definition) is 2. The smallest absolute Gasteiger partial charge is 0.253 e. The van der Waals surface area contributed by atoms with Gasteiger partial charge in [-0.15, -0.1) is 0 Å². The van der Waals surface area contributed by atoms with Crippen LogP contribution in [-0.2, 0) is 0 Å². The summed E-state index contributed by atoms with van der Waals surface area (Å²) in [5.74, 6) is -0.0181. The molecule has 1 N–H and O–H groups in total. The van der Waals surface area contributed by atoms with Gasteiger partial charge >= 0.3 is 0 Å². The normalized spacial score (nSPS) is 12.4. The number of fused-ring (bicyclic) bond motifs is 1. The van der Waals surface area contributed by atoms with Gasteiger partial charge in [0.05, 0.1) is 6.10 Å². The topological polar surface area (TPSA) is 40.5 Å². The number of benzene rings is 2. The Morgan fingerprint density at radius 3 is 2.60 bits per heavy atom. The van der Waals surface area contributed by atoms with Gasteiger partial charge in [-0.1, -0.05) is 28.1 Å². The van der Waals surface area contributed by atoms with Crippen LogP contribution in [0.15, 0.2) is 40.9 Å². The summed E-state index contributed by atoms with van der Waals surface area (Å²) in [4.78, 5) is 13.9.